The Morgan fingerprint density at radius 2 is 1.73 bits per heavy atom. The van der Waals surface area contributed by atoms with E-state index in [4.69, 9.17) is 0 Å². The first-order chi connectivity index (χ1) is 10.8. The van der Waals surface area contributed by atoms with E-state index in [0.29, 0.717) is 18.2 Å². The summed E-state index contributed by atoms with van der Waals surface area (Å²) in [5.41, 5.74) is 1.36. The van der Waals surface area contributed by atoms with Crippen LogP contribution >= 0.6 is 11.8 Å². The monoisotopic (exact) mass is 311 g/mol. The summed E-state index contributed by atoms with van der Waals surface area (Å²) in [6, 6.07) is 20.8. The predicted octanol–water partition coefficient (Wildman–Crippen LogP) is 4.18. The van der Waals surface area contributed by atoms with Gasteiger partial charge in [-0.1, -0.05) is 48.5 Å². The lowest BCUT2D eigenvalue weighted by Gasteiger charge is -2.16. The fourth-order valence-corrected chi connectivity index (χ4v) is 3.78. The number of hydrogen-bond acceptors (Lipinski definition) is 2. The van der Waals surface area contributed by atoms with Gasteiger partial charge in [-0.15, -0.1) is 11.8 Å². The van der Waals surface area contributed by atoms with Crippen molar-refractivity contribution in [1.82, 2.24) is 4.90 Å². The summed E-state index contributed by atoms with van der Waals surface area (Å²) in [5.74, 6) is 1.66. The number of hydrogen-bond donors (Lipinski definition) is 0. The number of likely N-dealkylation sites (tertiary alicyclic amines) is 1. The van der Waals surface area contributed by atoms with E-state index in [-0.39, 0.29) is 0 Å². The molecule has 22 heavy (non-hydrogen) atoms. The van der Waals surface area contributed by atoms with Crippen molar-refractivity contribution < 1.29 is 4.79 Å². The lowest BCUT2D eigenvalue weighted by atomic mass is 9.99. The first-order valence-corrected chi connectivity index (χ1v) is 8.82. The minimum absolute atomic E-state index is 0.293. The smallest absolute Gasteiger partial charge is 0.223 e. The van der Waals surface area contributed by atoms with Crippen LogP contribution in [0.4, 0.5) is 0 Å². The van der Waals surface area contributed by atoms with Crippen LogP contribution in [0.5, 0.6) is 0 Å². The Balaban J connectivity index is 1.46. The van der Waals surface area contributed by atoms with Crippen molar-refractivity contribution in [2.75, 3.05) is 18.8 Å². The molecule has 0 N–H and O–H groups in total. The van der Waals surface area contributed by atoms with Crippen LogP contribution in [0, 0.1) is 0 Å². The maximum atomic E-state index is 12.3. The van der Waals surface area contributed by atoms with E-state index >= 15 is 0 Å². The summed E-state index contributed by atoms with van der Waals surface area (Å²) >= 11 is 1.76. The minimum atomic E-state index is 0.293. The quantitative estimate of drug-likeness (QED) is 0.772. The Morgan fingerprint density at radius 3 is 2.45 bits per heavy atom. The van der Waals surface area contributed by atoms with E-state index in [2.05, 4.69) is 36.4 Å². The highest BCUT2D eigenvalue weighted by Gasteiger charge is 2.26. The van der Waals surface area contributed by atoms with Crippen LogP contribution in [0.2, 0.25) is 0 Å². The molecule has 1 aliphatic rings. The number of benzene rings is 2. The highest BCUT2D eigenvalue weighted by molar-refractivity contribution is 7.99. The van der Waals surface area contributed by atoms with Crippen LogP contribution in [0.1, 0.15) is 24.3 Å². The highest BCUT2D eigenvalue weighted by Crippen LogP contribution is 2.27. The summed E-state index contributed by atoms with van der Waals surface area (Å²) in [7, 11) is 0. The molecular formula is C19H21NOS. The van der Waals surface area contributed by atoms with Crippen molar-refractivity contribution in [1.29, 1.82) is 0 Å². The number of amides is 1. The van der Waals surface area contributed by atoms with E-state index in [9.17, 15) is 4.79 Å². The first kappa shape index (κ1) is 15.2. The summed E-state index contributed by atoms with van der Waals surface area (Å²) in [4.78, 5) is 15.6. The predicted molar refractivity (Wildman–Crippen MR) is 92.2 cm³/mol. The third-order valence-electron chi connectivity index (χ3n) is 4.14. The van der Waals surface area contributed by atoms with Gasteiger partial charge in [0.1, 0.15) is 0 Å². The fourth-order valence-electron chi connectivity index (χ4n) is 2.92. The second-order valence-electron chi connectivity index (χ2n) is 5.65. The van der Waals surface area contributed by atoms with Crippen molar-refractivity contribution in [3.63, 3.8) is 0 Å². The van der Waals surface area contributed by atoms with Crippen LogP contribution < -0.4 is 0 Å². The molecule has 114 valence electrons. The van der Waals surface area contributed by atoms with E-state index in [1.165, 1.54) is 10.5 Å². The van der Waals surface area contributed by atoms with Crippen molar-refractivity contribution in [3.05, 3.63) is 66.2 Å². The lowest BCUT2D eigenvalue weighted by molar-refractivity contribution is -0.129. The molecule has 2 nitrogen and oxygen atoms in total. The molecule has 1 heterocycles. The molecule has 3 rings (SSSR count). The van der Waals surface area contributed by atoms with E-state index < -0.39 is 0 Å². The maximum absolute atomic E-state index is 12.3. The number of nitrogens with zero attached hydrogens (tertiary/aromatic N) is 1. The van der Waals surface area contributed by atoms with Crippen LogP contribution in [0.3, 0.4) is 0 Å². The standard InChI is InChI=1S/C19H21NOS/c21-19(12-14-22-18-9-5-2-6-10-18)20-13-11-17(15-20)16-7-3-1-4-8-16/h1-10,17H,11-15H2/t17-/m1/s1. The second kappa shape index (κ2) is 7.50. The Morgan fingerprint density at radius 1 is 1.05 bits per heavy atom. The lowest BCUT2D eigenvalue weighted by Crippen LogP contribution is -2.28. The van der Waals surface area contributed by atoms with E-state index in [1.54, 1.807) is 11.8 Å². The highest BCUT2D eigenvalue weighted by atomic mass is 32.2. The SMILES string of the molecule is O=C(CCSc1ccccc1)N1CC[C@@H](c2ccccc2)C1. The zero-order valence-electron chi connectivity index (χ0n) is 12.7. The van der Waals surface area contributed by atoms with Gasteiger partial charge in [0.05, 0.1) is 0 Å². The zero-order chi connectivity index (χ0) is 15.2. The Labute approximate surface area is 136 Å². The molecular weight excluding hydrogens is 290 g/mol. The fraction of sp³-hybridized carbons (Fsp3) is 0.316. The third kappa shape index (κ3) is 3.92. The summed E-state index contributed by atoms with van der Waals surface area (Å²) in [6.07, 6.45) is 1.71. The maximum Gasteiger partial charge on any atom is 0.223 e. The van der Waals surface area contributed by atoms with Gasteiger partial charge in [-0.2, -0.15) is 0 Å². The van der Waals surface area contributed by atoms with Gasteiger partial charge in [-0.3, -0.25) is 4.79 Å². The number of thioether (sulfide) groups is 1. The van der Waals surface area contributed by atoms with Crippen LogP contribution in [-0.4, -0.2) is 29.6 Å². The van der Waals surface area contributed by atoms with Gasteiger partial charge < -0.3 is 4.90 Å². The molecule has 0 radical (unpaired) electrons. The van der Waals surface area contributed by atoms with Crippen LogP contribution in [0.15, 0.2) is 65.6 Å². The first-order valence-electron chi connectivity index (χ1n) is 7.83. The molecule has 0 spiro atoms. The van der Waals surface area contributed by atoms with Crippen LogP contribution in [-0.2, 0) is 4.79 Å². The Bertz CT molecular complexity index is 599. The molecule has 1 atom stereocenters. The molecule has 1 amide bonds. The average Bonchev–Trinajstić information content (AvgIpc) is 3.07. The Hall–Kier alpha value is -1.74. The molecule has 2 aromatic rings. The molecule has 0 unspecified atom stereocenters. The summed E-state index contributed by atoms with van der Waals surface area (Å²) in [5, 5.41) is 0. The number of rotatable bonds is 5. The van der Waals surface area contributed by atoms with E-state index in [0.717, 1.165) is 25.3 Å². The minimum Gasteiger partial charge on any atom is -0.342 e. The molecule has 0 saturated carbocycles. The van der Waals surface area contributed by atoms with Gasteiger partial charge in [0.15, 0.2) is 0 Å². The molecule has 3 heteroatoms. The number of carbonyl (C=O) groups excluding carboxylic acids is 1. The van der Waals surface area contributed by atoms with Crippen molar-refractivity contribution in [2.45, 2.75) is 23.7 Å². The molecule has 1 saturated heterocycles. The van der Waals surface area contributed by atoms with Gasteiger partial charge in [0.2, 0.25) is 5.91 Å². The molecule has 0 aromatic heterocycles. The van der Waals surface area contributed by atoms with Crippen molar-refractivity contribution in [2.24, 2.45) is 0 Å². The normalized spacial score (nSPS) is 17.6. The summed E-state index contributed by atoms with van der Waals surface area (Å²) < 4.78 is 0. The molecule has 0 bridgehead atoms. The largest absolute Gasteiger partial charge is 0.342 e. The Kier molecular flexibility index (Phi) is 5.17. The molecule has 1 fully saturated rings. The van der Waals surface area contributed by atoms with Gasteiger partial charge in [0, 0.05) is 36.1 Å². The van der Waals surface area contributed by atoms with Crippen LogP contribution in [0.25, 0.3) is 0 Å². The molecule has 2 aromatic carbocycles. The molecule has 0 aliphatic carbocycles. The summed E-state index contributed by atoms with van der Waals surface area (Å²) in [6.45, 7) is 1.77. The van der Waals surface area contributed by atoms with Gasteiger partial charge in [-0.25, -0.2) is 0 Å². The van der Waals surface area contributed by atoms with Crippen molar-refractivity contribution >= 4 is 17.7 Å². The second-order valence-corrected chi connectivity index (χ2v) is 6.82. The molecule has 1 aliphatic heterocycles. The average molecular weight is 311 g/mol. The topological polar surface area (TPSA) is 20.3 Å². The van der Waals surface area contributed by atoms with Crippen molar-refractivity contribution in [3.8, 4) is 0 Å². The van der Waals surface area contributed by atoms with Gasteiger partial charge in [-0.05, 0) is 24.1 Å². The van der Waals surface area contributed by atoms with E-state index in [1.807, 2.05) is 29.2 Å². The number of carbonyl (C=O) groups is 1. The van der Waals surface area contributed by atoms with Gasteiger partial charge in [0.25, 0.3) is 0 Å². The van der Waals surface area contributed by atoms with Gasteiger partial charge >= 0.3 is 0 Å². The third-order valence-corrected chi connectivity index (χ3v) is 5.15. The zero-order valence-corrected chi connectivity index (χ0v) is 13.5.